The Kier molecular flexibility index (Phi) is 4.69. The maximum absolute atomic E-state index is 12.9. The molecule has 1 aliphatic rings. The van der Waals surface area contributed by atoms with Crippen LogP contribution in [0.2, 0.25) is 0 Å². The molecule has 3 aromatic rings. The van der Waals surface area contributed by atoms with Crippen molar-refractivity contribution in [3.63, 3.8) is 0 Å². The molecular weight excluding hydrogens is 354 g/mol. The summed E-state index contributed by atoms with van der Waals surface area (Å²) in [7, 11) is 0. The molecule has 1 aromatic heterocycles. The Morgan fingerprint density at radius 3 is 2.64 bits per heavy atom. The van der Waals surface area contributed by atoms with Crippen LogP contribution in [-0.4, -0.2) is 34.2 Å². The molecule has 0 radical (unpaired) electrons. The van der Waals surface area contributed by atoms with Crippen LogP contribution in [0.3, 0.4) is 0 Å². The molecule has 2 heterocycles. The first kappa shape index (κ1) is 18.0. The smallest absolute Gasteiger partial charge is 0.357 e. The van der Waals surface area contributed by atoms with Crippen molar-refractivity contribution in [2.75, 3.05) is 4.90 Å². The van der Waals surface area contributed by atoms with Crippen LogP contribution in [0.25, 0.3) is 11.3 Å². The van der Waals surface area contributed by atoms with E-state index >= 15 is 0 Å². The number of aromatic nitrogens is 2. The largest absolute Gasteiger partial charge is 0.448 e. The molecule has 0 unspecified atom stereocenters. The van der Waals surface area contributed by atoms with E-state index in [1.807, 2.05) is 61.5 Å². The van der Waals surface area contributed by atoms with E-state index in [1.165, 1.54) is 0 Å². The summed E-state index contributed by atoms with van der Waals surface area (Å²) in [4.78, 5) is 27.1. The Labute approximate surface area is 163 Å². The van der Waals surface area contributed by atoms with Crippen LogP contribution in [0.4, 0.5) is 5.69 Å². The third-order valence-electron chi connectivity index (χ3n) is 4.94. The molecule has 6 heteroatoms. The maximum atomic E-state index is 12.9. The normalized spacial score (nSPS) is 16.5. The Morgan fingerprint density at radius 2 is 1.86 bits per heavy atom. The summed E-state index contributed by atoms with van der Waals surface area (Å²) in [6, 6.07) is 19.0. The van der Waals surface area contributed by atoms with Crippen molar-refractivity contribution in [1.29, 1.82) is 0 Å². The lowest BCUT2D eigenvalue weighted by Gasteiger charge is -2.25. The molecule has 4 rings (SSSR count). The van der Waals surface area contributed by atoms with Crippen LogP contribution in [0.15, 0.2) is 60.7 Å². The maximum Gasteiger partial charge on any atom is 0.357 e. The van der Waals surface area contributed by atoms with Crippen molar-refractivity contribution in [2.24, 2.45) is 0 Å². The van der Waals surface area contributed by atoms with Gasteiger partial charge in [0.05, 0.1) is 5.69 Å². The number of carbonyl (C=O) groups excluding carboxylic acids is 2. The highest BCUT2D eigenvalue weighted by Crippen LogP contribution is 2.32. The molecule has 0 bridgehead atoms. The molecule has 6 nitrogen and oxygen atoms in total. The summed E-state index contributed by atoms with van der Waals surface area (Å²) in [5.74, 6) is -0.829. The molecule has 0 fully saturated rings. The fourth-order valence-electron chi connectivity index (χ4n) is 3.55. The zero-order chi connectivity index (χ0) is 19.7. The van der Waals surface area contributed by atoms with E-state index < -0.39 is 12.1 Å². The average molecular weight is 375 g/mol. The Morgan fingerprint density at radius 1 is 1.14 bits per heavy atom. The highest BCUT2D eigenvalue weighted by atomic mass is 16.5. The molecule has 0 aliphatic carbocycles. The van der Waals surface area contributed by atoms with Crippen molar-refractivity contribution in [3.8, 4) is 11.3 Å². The summed E-state index contributed by atoms with van der Waals surface area (Å²) < 4.78 is 5.42. The van der Waals surface area contributed by atoms with E-state index in [0.717, 1.165) is 23.2 Å². The third-order valence-corrected chi connectivity index (χ3v) is 4.94. The molecule has 1 amide bonds. The molecule has 2 atom stereocenters. The van der Waals surface area contributed by atoms with Crippen LogP contribution in [-0.2, 0) is 16.0 Å². The number of anilines is 1. The second kappa shape index (κ2) is 7.31. The van der Waals surface area contributed by atoms with Gasteiger partial charge in [0.2, 0.25) is 0 Å². The first-order valence-electron chi connectivity index (χ1n) is 9.27. The van der Waals surface area contributed by atoms with Gasteiger partial charge in [0.25, 0.3) is 5.91 Å². The van der Waals surface area contributed by atoms with Crippen molar-refractivity contribution < 1.29 is 14.3 Å². The third kappa shape index (κ3) is 3.29. The number of hydrogen-bond acceptors (Lipinski definition) is 4. The summed E-state index contributed by atoms with van der Waals surface area (Å²) in [6.45, 7) is 3.59. The van der Waals surface area contributed by atoms with E-state index in [-0.39, 0.29) is 17.6 Å². The number of nitrogens with zero attached hydrogens (tertiary/aromatic N) is 2. The van der Waals surface area contributed by atoms with Gasteiger partial charge in [0.15, 0.2) is 6.10 Å². The van der Waals surface area contributed by atoms with Gasteiger partial charge < -0.3 is 9.64 Å². The zero-order valence-corrected chi connectivity index (χ0v) is 15.8. The SMILES string of the molecule is C[C@@H]1Cc2ccccc2N1C(=O)[C@@H](C)OC(=O)c1cc(-c2ccccc2)n[nH]1. The van der Waals surface area contributed by atoms with E-state index in [0.29, 0.717) is 5.69 Å². The molecule has 142 valence electrons. The monoisotopic (exact) mass is 375 g/mol. The quantitative estimate of drug-likeness (QED) is 0.707. The second-order valence-electron chi connectivity index (χ2n) is 6.97. The minimum Gasteiger partial charge on any atom is -0.448 e. The number of benzene rings is 2. The number of carbonyl (C=O) groups is 2. The summed E-state index contributed by atoms with van der Waals surface area (Å²) in [5, 5.41) is 6.85. The van der Waals surface area contributed by atoms with Crippen LogP contribution in [0.5, 0.6) is 0 Å². The number of esters is 1. The molecule has 28 heavy (non-hydrogen) atoms. The fourth-order valence-corrected chi connectivity index (χ4v) is 3.55. The van der Waals surface area contributed by atoms with Crippen LogP contribution >= 0.6 is 0 Å². The topological polar surface area (TPSA) is 75.3 Å². The molecule has 0 saturated heterocycles. The van der Waals surface area contributed by atoms with Crippen LogP contribution in [0.1, 0.15) is 29.9 Å². The van der Waals surface area contributed by atoms with Gasteiger partial charge in [-0.25, -0.2) is 4.79 Å². The number of hydrogen-bond donors (Lipinski definition) is 1. The lowest BCUT2D eigenvalue weighted by Crippen LogP contribution is -2.43. The van der Waals surface area contributed by atoms with Gasteiger partial charge in [-0.3, -0.25) is 9.89 Å². The van der Waals surface area contributed by atoms with Gasteiger partial charge in [-0.2, -0.15) is 5.10 Å². The van der Waals surface area contributed by atoms with Crippen molar-refractivity contribution in [3.05, 3.63) is 71.9 Å². The van der Waals surface area contributed by atoms with Crippen molar-refractivity contribution in [2.45, 2.75) is 32.4 Å². The average Bonchev–Trinajstić information content (AvgIpc) is 3.32. The summed E-state index contributed by atoms with van der Waals surface area (Å²) >= 11 is 0. The van der Waals surface area contributed by atoms with Gasteiger partial charge in [-0.15, -0.1) is 0 Å². The van der Waals surface area contributed by atoms with Crippen molar-refractivity contribution in [1.82, 2.24) is 10.2 Å². The summed E-state index contributed by atoms with van der Waals surface area (Å²) in [6.07, 6.45) is -0.103. The molecule has 0 spiro atoms. The van der Waals surface area contributed by atoms with E-state index in [4.69, 9.17) is 4.74 Å². The predicted molar refractivity (Wildman–Crippen MR) is 106 cm³/mol. The fraction of sp³-hybridized carbons (Fsp3) is 0.227. The van der Waals surface area contributed by atoms with Gasteiger partial charge in [-0.05, 0) is 38.0 Å². The number of nitrogens with one attached hydrogen (secondary N) is 1. The van der Waals surface area contributed by atoms with Crippen LogP contribution in [0, 0.1) is 0 Å². The number of fused-ring (bicyclic) bond motifs is 1. The number of H-pyrrole nitrogens is 1. The highest BCUT2D eigenvalue weighted by molar-refractivity contribution is 6.00. The Bertz CT molecular complexity index is 1010. The van der Waals surface area contributed by atoms with Gasteiger partial charge in [-0.1, -0.05) is 48.5 Å². The standard InChI is InChI=1S/C22H21N3O3/c1-14-12-17-10-6-7-11-20(17)25(14)21(26)15(2)28-22(27)19-13-18(23-24-19)16-8-4-3-5-9-16/h3-11,13-15H,12H2,1-2H3,(H,23,24)/t14-,15-/m1/s1. The second-order valence-corrected chi connectivity index (χ2v) is 6.97. The lowest BCUT2D eigenvalue weighted by molar-refractivity contribution is -0.126. The van der Waals surface area contributed by atoms with E-state index in [2.05, 4.69) is 10.2 Å². The number of aromatic amines is 1. The molecule has 0 saturated carbocycles. The number of ether oxygens (including phenoxy) is 1. The first-order chi connectivity index (χ1) is 13.5. The Balaban J connectivity index is 1.47. The lowest BCUT2D eigenvalue weighted by atomic mass is 10.1. The minimum atomic E-state index is -0.899. The predicted octanol–water partition coefficient (Wildman–Crippen LogP) is 3.60. The number of amides is 1. The molecular formula is C22H21N3O3. The summed E-state index contributed by atoms with van der Waals surface area (Å²) in [5.41, 5.74) is 3.77. The molecule has 1 N–H and O–H groups in total. The van der Waals surface area contributed by atoms with Crippen molar-refractivity contribution >= 4 is 17.6 Å². The van der Waals surface area contributed by atoms with E-state index in [9.17, 15) is 9.59 Å². The van der Waals surface area contributed by atoms with E-state index in [1.54, 1.807) is 17.9 Å². The molecule has 2 aromatic carbocycles. The highest BCUT2D eigenvalue weighted by Gasteiger charge is 2.34. The zero-order valence-electron chi connectivity index (χ0n) is 15.8. The minimum absolute atomic E-state index is 0.0305. The Hall–Kier alpha value is -3.41. The van der Waals surface area contributed by atoms with Gasteiger partial charge >= 0.3 is 5.97 Å². The number of para-hydroxylation sites is 1. The van der Waals surface area contributed by atoms with Gasteiger partial charge in [0, 0.05) is 17.3 Å². The molecule has 1 aliphatic heterocycles. The first-order valence-corrected chi connectivity index (χ1v) is 9.27. The van der Waals surface area contributed by atoms with Gasteiger partial charge in [0.1, 0.15) is 5.69 Å². The number of rotatable bonds is 4. The van der Waals surface area contributed by atoms with Crippen LogP contribution < -0.4 is 4.90 Å².